The standard InChI is InChI=1S/C17H35O3PSi/c1-7-21(18,19)13-9-8-10-15-11-12-16(14-15)20-22(5,6)17(2,3)4/h11,16H,7-10,12-14H2,1-6H3,(H,18,19). The molecule has 3 nitrogen and oxygen atoms in total. The van der Waals surface area contributed by atoms with E-state index in [4.69, 9.17) is 4.43 Å². The van der Waals surface area contributed by atoms with Crippen LogP contribution in [0.2, 0.25) is 18.1 Å². The summed E-state index contributed by atoms with van der Waals surface area (Å²) in [7, 11) is -4.50. The molecule has 0 aromatic carbocycles. The Kier molecular flexibility index (Phi) is 7.13. The molecule has 0 heterocycles. The lowest BCUT2D eigenvalue weighted by Gasteiger charge is -2.38. The minimum Gasteiger partial charge on any atom is -0.413 e. The minimum absolute atomic E-state index is 0.262. The van der Waals surface area contributed by atoms with Crippen LogP contribution in [0.1, 0.15) is 59.8 Å². The number of unbranched alkanes of at least 4 members (excludes halogenated alkanes) is 1. The average Bonchev–Trinajstić information content (AvgIpc) is 2.80. The van der Waals surface area contributed by atoms with Crippen LogP contribution in [0, 0.1) is 0 Å². The molecule has 0 saturated carbocycles. The highest BCUT2D eigenvalue weighted by Gasteiger charge is 2.39. The monoisotopic (exact) mass is 346 g/mol. The van der Waals surface area contributed by atoms with Gasteiger partial charge in [0.2, 0.25) is 0 Å². The third kappa shape index (κ3) is 6.31. The number of hydrogen-bond acceptors (Lipinski definition) is 2. The van der Waals surface area contributed by atoms with E-state index in [1.807, 2.05) is 0 Å². The molecule has 0 aromatic heterocycles. The molecule has 0 aliphatic heterocycles. The van der Waals surface area contributed by atoms with E-state index in [2.05, 4.69) is 39.9 Å². The predicted molar refractivity (Wildman–Crippen MR) is 98.5 cm³/mol. The van der Waals surface area contributed by atoms with Gasteiger partial charge in [0, 0.05) is 12.3 Å². The van der Waals surface area contributed by atoms with Crippen molar-refractivity contribution >= 4 is 15.7 Å². The third-order valence-corrected chi connectivity index (χ3v) is 11.7. The minimum atomic E-state index is -2.83. The molecule has 0 amide bonds. The van der Waals surface area contributed by atoms with Crippen LogP contribution in [-0.4, -0.2) is 31.6 Å². The van der Waals surface area contributed by atoms with Gasteiger partial charge >= 0.3 is 0 Å². The molecular formula is C17H35O3PSi. The maximum atomic E-state index is 11.6. The summed E-state index contributed by atoms with van der Waals surface area (Å²) in [6.07, 6.45) is 8.58. The molecule has 130 valence electrons. The van der Waals surface area contributed by atoms with E-state index in [-0.39, 0.29) is 5.04 Å². The molecule has 0 fully saturated rings. The van der Waals surface area contributed by atoms with Crippen LogP contribution in [-0.2, 0) is 8.99 Å². The quantitative estimate of drug-likeness (QED) is 0.271. The summed E-state index contributed by atoms with van der Waals surface area (Å²) in [5, 5.41) is 0.262. The van der Waals surface area contributed by atoms with Crippen LogP contribution in [0.25, 0.3) is 0 Å². The molecule has 0 bridgehead atoms. The Morgan fingerprint density at radius 2 is 2.00 bits per heavy atom. The smallest absolute Gasteiger partial charge is 0.200 e. The summed E-state index contributed by atoms with van der Waals surface area (Å²) < 4.78 is 18.1. The Bertz CT molecular complexity index is 438. The maximum Gasteiger partial charge on any atom is 0.200 e. The summed E-state index contributed by atoms with van der Waals surface area (Å²) in [6, 6.07) is 0. The molecule has 0 spiro atoms. The highest BCUT2D eigenvalue weighted by atomic mass is 31.2. The first kappa shape index (κ1) is 20.2. The normalized spacial score (nSPS) is 22.5. The van der Waals surface area contributed by atoms with E-state index in [9.17, 15) is 9.46 Å². The molecule has 0 aromatic rings. The van der Waals surface area contributed by atoms with Crippen LogP contribution in [0.15, 0.2) is 11.6 Å². The van der Waals surface area contributed by atoms with E-state index in [1.165, 1.54) is 5.57 Å². The Labute approximate surface area is 138 Å². The van der Waals surface area contributed by atoms with Crippen molar-refractivity contribution in [2.45, 2.75) is 84.0 Å². The van der Waals surface area contributed by atoms with Gasteiger partial charge in [-0.3, -0.25) is 4.57 Å². The van der Waals surface area contributed by atoms with Crippen molar-refractivity contribution in [3.8, 4) is 0 Å². The van der Waals surface area contributed by atoms with Crippen LogP contribution >= 0.6 is 7.37 Å². The fourth-order valence-electron chi connectivity index (χ4n) is 2.51. The zero-order valence-electron chi connectivity index (χ0n) is 15.3. The van der Waals surface area contributed by atoms with Gasteiger partial charge in [0.25, 0.3) is 0 Å². The molecule has 2 unspecified atom stereocenters. The van der Waals surface area contributed by atoms with E-state index < -0.39 is 15.7 Å². The van der Waals surface area contributed by atoms with Crippen molar-refractivity contribution in [3.63, 3.8) is 0 Å². The molecule has 22 heavy (non-hydrogen) atoms. The lowest BCUT2D eigenvalue weighted by Crippen LogP contribution is -2.43. The van der Waals surface area contributed by atoms with Gasteiger partial charge < -0.3 is 9.32 Å². The van der Waals surface area contributed by atoms with E-state index in [1.54, 1.807) is 6.92 Å². The Morgan fingerprint density at radius 3 is 2.55 bits per heavy atom. The first-order valence-corrected chi connectivity index (χ1v) is 13.6. The lowest BCUT2D eigenvalue weighted by atomic mass is 10.1. The summed E-state index contributed by atoms with van der Waals surface area (Å²) in [5.74, 6) is 0. The van der Waals surface area contributed by atoms with Crippen molar-refractivity contribution < 1.29 is 13.9 Å². The van der Waals surface area contributed by atoms with Gasteiger partial charge in [-0.05, 0) is 50.2 Å². The highest BCUT2D eigenvalue weighted by molar-refractivity contribution is 7.57. The van der Waals surface area contributed by atoms with Gasteiger partial charge in [0.05, 0.1) is 6.10 Å². The van der Waals surface area contributed by atoms with E-state index >= 15 is 0 Å². The van der Waals surface area contributed by atoms with Crippen molar-refractivity contribution in [1.82, 2.24) is 0 Å². The average molecular weight is 347 g/mol. The van der Waals surface area contributed by atoms with E-state index in [0.717, 1.165) is 32.1 Å². The largest absolute Gasteiger partial charge is 0.413 e. The second-order valence-corrected chi connectivity index (χ2v) is 15.7. The van der Waals surface area contributed by atoms with Gasteiger partial charge in [-0.25, -0.2) is 0 Å². The molecule has 0 radical (unpaired) electrons. The molecule has 5 heteroatoms. The Morgan fingerprint density at radius 1 is 1.36 bits per heavy atom. The van der Waals surface area contributed by atoms with Crippen molar-refractivity contribution in [2.24, 2.45) is 0 Å². The van der Waals surface area contributed by atoms with Crippen LogP contribution in [0.4, 0.5) is 0 Å². The summed E-state index contributed by atoms with van der Waals surface area (Å²) >= 11 is 0. The Balaban J connectivity index is 2.30. The van der Waals surface area contributed by atoms with Crippen molar-refractivity contribution in [3.05, 3.63) is 11.6 Å². The second kappa shape index (κ2) is 7.79. The highest BCUT2D eigenvalue weighted by Crippen LogP contribution is 2.41. The van der Waals surface area contributed by atoms with Gasteiger partial charge in [-0.15, -0.1) is 0 Å². The summed E-state index contributed by atoms with van der Waals surface area (Å²) in [6.45, 7) is 13.3. The predicted octanol–water partition coefficient (Wildman–Crippen LogP) is 5.56. The molecular weight excluding hydrogens is 311 g/mol. The summed E-state index contributed by atoms with van der Waals surface area (Å²) in [4.78, 5) is 9.59. The van der Waals surface area contributed by atoms with Crippen molar-refractivity contribution in [1.29, 1.82) is 0 Å². The van der Waals surface area contributed by atoms with Gasteiger partial charge in [0.15, 0.2) is 15.7 Å². The third-order valence-electron chi connectivity index (χ3n) is 5.18. The SMILES string of the molecule is CCP(=O)(O)CCCCC1=CCC(O[Si](C)(C)C(C)(C)C)C1. The van der Waals surface area contributed by atoms with E-state index in [0.29, 0.717) is 18.4 Å². The van der Waals surface area contributed by atoms with Gasteiger partial charge in [-0.2, -0.15) is 0 Å². The van der Waals surface area contributed by atoms with Crippen LogP contribution in [0.5, 0.6) is 0 Å². The Hall–Kier alpha value is 0.107. The first-order chi connectivity index (χ1) is 9.97. The topological polar surface area (TPSA) is 46.5 Å². The molecule has 0 saturated heterocycles. The lowest BCUT2D eigenvalue weighted by molar-refractivity contribution is 0.191. The maximum absolute atomic E-state index is 11.6. The fraction of sp³-hybridized carbons (Fsp3) is 0.882. The fourth-order valence-corrected chi connectivity index (χ4v) is 4.91. The van der Waals surface area contributed by atoms with Crippen LogP contribution in [0.3, 0.4) is 0 Å². The van der Waals surface area contributed by atoms with Gasteiger partial charge in [-0.1, -0.05) is 39.3 Å². The second-order valence-electron chi connectivity index (χ2n) is 8.15. The molecule has 1 N–H and O–H groups in total. The van der Waals surface area contributed by atoms with Crippen molar-refractivity contribution in [2.75, 3.05) is 12.3 Å². The molecule has 1 rings (SSSR count). The van der Waals surface area contributed by atoms with Crippen LogP contribution < -0.4 is 0 Å². The molecule has 2 atom stereocenters. The first-order valence-electron chi connectivity index (χ1n) is 8.63. The number of hydrogen-bond donors (Lipinski definition) is 1. The molecule has 1 aliphatic carbocycles. The summed E-state index contributed by atoms with van der Waals surface area (Å²) in [5.41, 5.74) is 1.48. The zero-order chi connectivity index (χ0) is 17.0. The van der Waals surface area contributed by atoms with Gasteiger partial charge in [0.1, 0.15) is 0 Å². The zero-order valence-corrected chi connectivity index (χ0v) is 17.2. The number of rotatable bonds is 8. The molecule has 1 aliphatic rings.